The van der Waals surface area contributed by atoms with E-state index in [9.17, 15) is 9.59 Å². The zero-order valence-corrected chi connectivity index (χ0v) is 17.0. The van der Waals surface area contributed by atoms with Crippen LogP contribution in [0.5, 0.6) is 5.75 Å². The SMILES string of the molecule is COc1cc(NC(=O)c2ccc(-c3cccc(Cl)c3)o2)ccc1NC(=O)C(C)C. The normalized spacial score (nSPS) is 10.7. The molecule has 0 aliphatic rings. The van der Waals surface area contributed by atoms with Crippen molar-refractivity contribution in [3.05, 3.63) is 65.4 Å². The first kappa shape index (κ1) is 20.5. The zero-order chi connectivity index (χ0) is 21.0. The molecule has 0 unspecified atom stereocenters. The molecule has 3 aromatic rings. The highest BCUT2D eigenvalue weighted by atomic mass is 35.5. The number of carbonyl (C=O) groups excluding carboxylic acids is 2. The van der Waals surface area contributed by atoms with Gasteiger partial charge in [0.25, 0.3) is 5.91 Å². The molecule has 1 heterocycles. The molecule has 7 heteroatoms. The first-order chi connectivity index (χ1) is 13.9. The van der Waals surface area contributed by atoms with Gasteiger partial charge in [0, 0.05) is 28.3 Å². The number of carbonyl (C=O) groups is 2. The summed E-state index contributed by atoms with van der Waals surface area (Å²) in [5, 5.41) is 6.14. The molecule has 0 saturated heterocycles. The van der Waals surface area contributed by atoms with E-state index in [0.717, 1.165) is 5.56 Å². The number of rotatable bonds is 6. The van der Waals surface area contributed by atoms with Gasteiger partial charge in [-0.25, -0.2) is 0 Å². The summed E-state index contributed by atoms with van der Waals surface area (Å²) in [6.45, 7) is 3.61. The Kier molecular flexibility index (Phi) is 6.24. The van der Waals surface area contributed by atoms with Crippen LogP contribution in [-0.4, -0.2) is 18.9 Å². The third-order valence-electron chi connectivity index (χ3n) is 4.18. The fraction of sp³-hybridized carbons (Fsp3) is 0.182. The molecule has 0 radical (unpaired) electrons. The number of furan rings is 1. The molecule has 3 rings (SSSR count). The van der Waals surface area contributed by atoms with Gasteiger partial charge in [0.15, 0.2) is 5.76 Å². The summed E-state index contributed by atoms with van der Waals surface area (Å²) in [6.07, 6.45) is 0. The van der Waals surface area contributed by atoms with Crippen LogP contribution in [0, 0.1) is 5.92 Å². The highest BCUT2D eigenvalue weighted by Crippen LogP contribution is 2.29. The maximum Gasteiger partial charge on any atom is 0.291 e. The van der Waals surface area contributed by atoms with Crippen LogP contribution in [0.2, 0.25) is 5.02 Å². The van der Waals surface area contributed by atoms with Gasteiger partial charge in [0.05, 0.1) is 12.8 Å². The number of ether oxygens (including phenoxy) is 1. The average molecular weight is 413 g/mol. The highest BCUT2D eigenvalue weighted by Gasteiger charge is 2.15. The van der Waals surface area contributed by atoms with Gasteiger partial charge in [-0.3, -0.25) is 9.59 Å². The van der Waals surface area contributed by atoms with Gasteiger partial charge >= 0.3 is 0 Å². The minimum atomic E-state index is -0.403. The Hall–Kier alpha value is -3.25. The molecule has 2 N–H and O–H groups in total. The molecule has 0 aliphatic carbocycles. The minimum absolute atomic E-state index is 0.121. The monoisotopic (exact) mass is 412 g/mol. The van der Waals surface area contributed by atoms with E-state index in [1.165, 1.54) is 7.11 Å². The van der Waals surface area contributed by atoms with E-state index in [1.54, 1.807) is 56.3 Å². The Morgan fingerprint density at radius 2 is 1.83 bits per heavy atom. The quantitative estimate of drug-likeness (QED) is 0.563. The van der Waals surface area contributed by atoms with Gasteiger partial charge in [0.1, 0.15) is 11.5 Å². The zero-order valence-electron chi connectivity index (χ0n) is 16.3. The summed E-state index contributed by atoms with van der Waals surface area (Å²) < 4.78 is 11.0. The van der Waals surface area contributed by atoms with Crippen molar-refractivity contribution in [2.24, 2.45) is 5.92 Å². The van der Waals surface area contributed by atoms with Crippen LogP contribution in [-0.2, 0) is 4.79 Å². The maximum absolute atomic E-state index is 12.5. The number of hydrogen-bond acceptors (Lipinski definition) is 4. The Bertz CT molecular complexity index is 1040. The van der Waals surface area contributed by atoms with E-state index in [0.29, 0.717) is 27.9 Å². The van der Waals surface area contributed by atoms with Crippen molar-refractivity contribution in [2.75, 3.05) is 17.7 Å². The summed E-state index contributed by atoms with van der Waals surface area (Å²) in [5.74, 6) is 0.462. The molecule has 6 nitrogen and oxygen atoms in total. The van der Waals surface area contributed by atoms with E-state index in [2.05, 4.69) is 10.6 Å². The van der Waals surface area contributed by atoms with Crippen molar-refractivity contribution >= 4 is 34.8 Å². The molecule has 1 aromatic heterocycles. The maximum atomic E-state index is 12.5. The second-order valence-electron chi connectivity index (χ2n) is 6.69. The van der Waals surface area contributed by atoms with E-state index < -0.39 is 5.91 Å². The first-order valence-electron chi connectivity index (χ1n) is 9.03. The molecule has 0 aliphatic heterocycles. The second kappa shape index (κ2) is 8.84. The van der Waals surface area contributed by atoms with Crippen molar-refractivity contribution < 1.29 is 18.7 Å². The van der Waals surface area contributed by atoms with E-state index >= 15 is 0 Å². The summed E-state index contributed by atoms with van der Waals surface area (Å²) in [4.78, 5) is 24.4. The number of benzene rings is 2. The van der Waals surface area contributed by atoms with Gasteiger partial charge in [-0.15, -0.1) is 0 Å². The fourth-order valence-corrected chi connectivity index (χ4v) is 2.79. The highest BCUT2D eigenvalue weighted by molar-refractivity contribution is 6.30. The molecule has 2 amide bonds. The number of amides is 2. The van der Waals surface area contributed by atoms with Crippen molar-refractivity contribution in [3.63, 3.8) is 0 Å². The van der Waals surface area contributed by atoms with Gasteiger partial charge in [-0.05, 0) is 36.4 Å². The Morgan fingerprint density at radius 3 is 2.52 bits per heavy atom. The van der Waals surface area contributed by atoms with Crippen molar-refractivity contribution in [2.45, 2.75) is 13.8 Å². The van der Waals surface area contributed by atoms with E-state index in [4.69, 9.17) is 20.8 Å². The molecule has 150 valence electrons. The average Bonchev–Trinajstić information content (AvgIpc) is 3.19. The smallest absolute Gasteiger partial charge is 0.291 e. The second-order valence-corrected chi connectivity index (χ2v) is 7.12. The lowest BCUT2D eigenvalue weighted by Gasteiger charge is -2.13. The van der Waals surface area contributed by atoms with E-state index in [-0.39, 0.29) is 17.6 Å². The third kappa shape index (κ3) is 4.97. The van der Waals surface area contributed by atoms with Gasteiger partial charge in [-0.1, -0.05) is 37.6 Å². The summed E-state index contributed by atoms with van der Waals surface area (Å²) in [6, 6.07) is 15.5. The lowest BCUT2D eigenvalue weighted by molar-refractivity contribution is -0.118. The lowest BCUT2D eigenvalue weighted by atomic mass is 10.2. The largest absolute Gasteiger partial charge is 0.494 e. The number of hydrogen-bond donors (Lipinski definition) is 2. The molecule has 29 heavy (non-hydrogen) atoms. The number of methoxy groups -OCH3 is 1. The summed E-state index contributed by atoms with van der Waals surface area (Å²) >= 11 is 6.00. The predicted octanol–water partition coefficient (Wildman–Crippen LogP) is 5.46. The number of nitrogens with one attached hydrogen (secondary N) is 2. The Labute approximate surface area is 173 Å². The minimum Gasteiger partial charge on any atom is -0.494 e. The third-order valence-corrected chi connectivity index (χ3v) is 4.42. The van der Waals surface area contributed by atoms with Crippen molar-refractivity contribution in [1.82, 2.24) is 0 Å². The molecular weight excluding hydrogens is 392 g/mol. The van der Waals surface area contributed by atoms with Crippen LogP contribution in [0.3, 0.4) is 0 Å². The Balaban J connectivity index is 1.74. The molecular formula is C22H21ClN2O4. The molecule has 2 aromatic carbocycles. The fourth-order valence-electron chi connectivity index (χ4n) is 2.60. The standard InChI is InChI=1S/C22H21ClN2O4/c1-13(2)21(26)25-17-8-7-16(12-20(17)28-3)24-22(27)19-10-9-18(29-19)14-5-4-6-15(23)11-14/h4-13H,1-3H3,(H,24,27)(H,25,26). The van der Waals surface area contributed by atoms with Gasteiger partial charge in [-0.2, -0.15) is 0 Å². The predicted molar refractivity (Wildman–Crippen MR) is 114 cm³/mol. The molecule has 0 fully saturated rings. The number of anilines is 2. The lowest BCUT2D eigenvalue weighted by Crippen LogP contribution is -2.18. The first-order valence-corrected chi connectivity index (χ1v) is 9.41. The molecule has 0 spiro atoms. The summed E-state index contributed by atoms with van der Waals surface area (Å²) in [5.41, 5.74) is 1.82. The van der Waals surface area contributed by atoms with Crippen LogP contribution in [0.1, 0.15) is 24.4 Å². The molecule has 0 bridgehead atoms. The van der Waals surface area contributed by atoms with Crippen molar-refractivity contribution in [3.8, 4) is 17.1 Å². The summed E-state index contributed by atoms with van der Waals surface area (Å²) in [7, 11) is 1.50. The number of halogens is 1. The van der Waals surface area contributed by atoms with Crippen LogP contribution in [0.4, 0.5) is 11.4 Å². The van der Waals surface area contributed by atoms with Gasteiger partial charge < -0.3 is 19.8 Å². The van der Waals surface area contributed by atoms with Gasteiger partial charge in [0.2, 0.25) is 5.91 Å². The van der Waals surface area contributed by atoms with E-state index in [1.807, 2.05) is 12.1 Å². The van der Waals surface area contributed by atoms with Crippen LogP contribution >= 0.6 is 11.6 Å². The molecule has 0 atom stereocenters. The Morgan fingerprint density at radius 1 is 1.03 bits per heavy atom. The van der Waals surface area contributed by atoms with Crippen LogP contribution in [0.15, 0.2) is 59.0 Å². The molecule has 0 saturated carbocycles. The van der Waals surface area contributed by atoms with Crippen molar-refractivity contribution in [1.29, 1.82) is 0 Å². The van der Waals surface area contributed by atoms with Crippen LogP contribution < -0.4 is 15.4 Å². The van der Waals surface area contributed by atoms with Crippen LogP contribution in [0.25, 0.3) is 11.3 Å². The topological polar surface area (TPSA) is 80.6 Å².